The molecule has 4 rings (SSSR count). The van der Waals surface area contributed by atoms with E-state index in [-0.39, 0.29) is 6.10 Å². The molecule has 6 nitrogen and oxygen atoms in total. The number of ether oxygens (including phenoxy) is 1. The maximum absolute atomic E-state index is 6.09. The van der Waals surface area contributed by atoms with Gasteiger partial charge in [0.25, 0.3) is 0 Å². The lowest BCUT2D eigenvalue weighted by atomic mass is 9.96. The number of nitrogens with one attached hydrogen (secondary N) is 2. The van der Waals surface area contributed by atoms with Crippen molar-refractivity contribution in [3.8, 4) is 17.0 Å². The van der Waals surface area contributed by atoms with Gasteiger partial charge in [-0.15, -0.1) is 6.58 Å². The number of nitrogens with zero attached hydrogens (tertiary/aromatic N) is 3. The van der Waals surface area contributed by atoms with Crippen LogP contribution in [0.3, 0.4) is 0 Å². The van der Waals surface area contributed by atoms with Gasteiger partial charge in [-0.05, 0) is 30.9 Å². The Labute approximate surface area is 185 Å². The van der Waals surface area contributed by atoms with Crippen LogP contribution < -0.4 is 15.4 Å². The number of aryl methyl sites for hydroxylation is 1. The summed E-state index contributed by atoms with van der Waals surface area (Å²) in [6.45, 7) is 9.99. The summed E-state index contributed by atoms with van der Waals surface area (Å²) in [5.41, 5.74) is 4.41. The van der Waals surface area contributed by atoms with Crippen molar-refractivity contribution in [3.63, 3.8) is 0 Å². The van der Waals surface area contributed by atoms with E-state index >= 15 is 0 Å². The molecule has 0 spiro atoms. The zero-order valence-corrected chi connectivity index (χ0v) is 18.7. The molecule has 0 aliphatic carbocycles. The van der Waals surface area contributed by atoms with Crippen LogP contribution in [-0.2, 0) is 7.05 Å². The van der Waals surface area contributed by atoms with E-state index in [1.165, 1.54) is 5.56 Å². The van der Waals surface area contributed by atoms with Crippen molar-refractivity contribution in [1.82, 2.24) is 20.1 Å². The molecule has 1 aliphatic rings. The molecule has 31 heavy (non-hydrogen) atoms. The lowest BCUT2D eigenvalue weighted by Crippen LogP contribution is -2.40. The maximum Gasteiger partial charge on any atom is 0.237 e. The molecule has 0 bridgehead atoms. The van der Waals surface area contributed by atoms with E-state index < -0.39 is 0 Å². The molecule has 2 unspecified atom stereocenters. The first-order chi connectivity index (χ1) is 15.1. The molecule has 1 aromatic carbocycles. The van der Waals surface area contributed by atoms with Gasteiger partial charge in [0.1, 0.15) is 6.10 Å². The Kier molecular flexibility index (Phi) is 8.24. The summed E-state index contributed by atoms with van der Waals surface area (Å²) < 4.78 is 7.88. The maximum atomic E-state index is 6.09. The molecule has 0 saturated heterocycles. The van der Waals surface area contributed by atoms with Gasteiger partial charge in [-0.2, -0.15) is 5.10 Å². The van der Waals surface area contributed by atoms with Crippen molar-refractivity contribution >= 4 is 5.69 Å². The number of hydrogen-bond acceptors (Lipinski definition) is 5. The Morgan fingerprint density at radius 2 is 2.06 bits per heavy atom. The van der Waals surface area contributed by atoms with E-state index in [0.29, 0.717) is 11.8 Å². The molecule has 0 saturated carbocycles. The highest BCUT2D eigenvalue weighted by Gasteiger charge is 2.21. The molecule has 164 valence electrons. The topological polar surface area (TPSA) is 64.0 Å². The average molecular weight is 420 g/mol. The van der Waals surface area contributed by atoms with Crippen LogP contribution in [0.1, 0.15) is 31.7 Å². The van der Waals surface area contributed by atoms with Crippen LogP contribution in [0.5, 0.6) is 5.88 Å². The van der Waals surface area contributed by atoms with Crippen LogP contribution in [0.25, 0.3) is 11.1 Å². The van der Waals surface area contributed by atoms with E-state index in [1.54, 1.807) is 10.8 Å². The number of fused-ring (bicyclic) bond motifs is 1. The normalized spacial score (nSPS) is 15.5. The van der Waals surface area contributed by atoms with Crippen LogP contribution in [0.2, 0.25) is 0 Å². The van der Waals surface area contributed by atoms with Crippen LogP contribution >= 0.6 is 0 Å². The largest absolute Gasteiger partial charge is 0.470 e. The Morgan fingerprint density at radius 1 is 1.29 bits per heavy atom. The minimum absolute atomic E-state index is 0.0671. The fourth-order valence-electron chi connectivity index (χ4n) is 3.58. The van der Waals surface area contributed by atoms with Gasteiger partial charge in [-0.1, -0.05) is 43.3 Å². The highest BCUT2D eigenvalue weighted by molar-refractivity contribution is 5.69. The molecular formula is C25H33N5O. The third kappa shape index (κ3) is 6.18. The van der Waals surface area contributed by atoms with Gasteiger partial charge >= 0.3 is 0 Å². The first-order valence-electron chi connectivity index (χ1n) is 10.9. The molecule has 2 atom stereocenters. The van der Waals surface area contributed by atoms with Crippen molar-refractivity contribution in [1.29, 1.82) is 0 Å². The van der Waals surface area contributed by atoms with Crippen LogP contribution in [0, 0.1) is 0 Å². The first-order valence-corrected chi connectivity index (χ1v) is 10.9. The zero-order valence-electron chi connectivity index (χ0n) is 18.7. The van der Waals surface area contributed by atoms with Gasteiger partial charge in [-0.3, -0.25) is 4.68 Å². The predicted molar refractivity (Wildman–Crippen MR) is 128 cm³/mol. The second kappa shape index (κ2) is 11.3. The SMILES string of the molecule is C=CC.CCC(CNCC1CNc2cc(-c3cnn(C)c3)cnc2O1)c1ccccc1. The number of benzene rings is 1. The third-order valence-electron chi connectivity index (χ3n) is 5.21. The third-order valence-corrected chi connectivity index (χ3v) is 5.21. The van der Waals surface area contributed by atoms with Crippen molar-refractivity contribution in [3.05, 3.63) is 73.2 Å². The van der Waals surface area contributed by atoms with E-state index in [1.807, 2.05) is 32.6 Å². The summed E-state index contributed by atoms with van der Waals surface area (Å²) in [5.74, 6) is 1.19. The van der Waals surface area contributed by atoms with Crippen LogP contribution in [0.15, 0.2) is 67.6 Å². The minimum atomic E-state index is 0.0671. The van der Waals surface area contributed by atoms with Gasteiger partial charge in [0.05, 0.1) is 18.4 Å². The van der Waals surface area contributed by atoms with Gasteiger partial charge < -0.3 is 15.4 Å². The Hall–Kier alpha value is -3.12. The Bertz CT molecular complexity index is 954. The van der Waals surface area contributed by atoms with Crippen LogP contribution in [-0.4, -0.2) is 40.5 Å². The van der Waals surface area contributed by atoms with E-state index in [2.05, 4.69) is 70.6 Å². The fraction of sp³-hybridized carbons (Fsp3) is 0.360. The van der Waals surface area contributed by atoms with Crippen molar-refractivity contribution in [2.75, 3.05) is 25.0 Å². The minimum Gasteiger partial charge on any atom is -0.470 e. The summed E-state index contributed by atoms with van der Waals surface area (Å²) in [4.78, 5) is 4.51. The van der Waals surface area contributed by atoms with Crippen molar-refractivity contribution < 1.29 is 4.74 Å². The summed E-state index contributed by atoms with van der Waals surface area (Å²) in [5, 5.41) is 11.3. The van der Waals surface area contributed by atoms with E-state index in [0.717, 1.165) is 42.9 Å². The van der Waals surface area contributed by atoms with Crippen molar-refractivity contribution in [2.24, 2.45) is 7.05 Å². The second-order valence-electron chi connectivity index (χ2n) is 7.68. The monoisotopic (exact) mass is 419 g/mol. The van der Waals surface area contributed by atoms with E-state index in [9.17, 15) is 0 Å². The molecule has 2 aromatic heterocycles. The lowest BCUT2D eigenvalue weighted by molar-refractivity contribution is 0.193. The Balaban J connectivity index is 0.000000858. The molecule has 3 aromatic rings. The summed E-state index contributed by atoms with van der Waals surface area (Å²) >= 11 is 0. The molecule has 0 radical (unpaired) electrons. The fourth-order valence-corrected chi connectivity index (χ4v) is 3.58. The molecule has 3 heterocycles. The summed E-state index contributed by atoms with van der Waals surface area (Å²) in [7, 11) is 1.91. The number of pyridine rings is 1. The number of aromatic nitrogens is 3. The van der Waals surface area contributed by atoms with Crippen LogP contribution in [0.4, 0.5) is 5.69 Å². The first kappa shape index (κ1) is 22.6. The zero-order chi connectivity index (χ0) is 22.1. The van der Waals surface area contributed by atoms with E-state index in [4.69, 9.17) is 4.74 Å². The second-order valence-corrected chi connectivity index (χ2v) is 7.68. The van der Waals surface area contributed by atoms with Gasteiger partial charge in [0, 0.05) is 43.7 Å². The summed E-state index contributed by atoms with van der Waals surface area (Å²) in [6, 6.07) is 12.8. The standard InChI is InChI=1S/C22H27N5O.C3H6/c1-3-16(17-7-5-4-6-8-17)10-23-13-20-14-24-21-9-18(11-25-22(21)28-20)19-12-26-27(2)15-19;1-3-2/h4-9,11-12,15-16,20,23-24H,3,10,13-14H2,1-2H3;3H,1H2,2H3. The number of rotatable bonds is 7. The predicted octanol–water partition coefficient (Wildman–Crippen LogP) is 4.63. The Morgan fingerprint density at radius 3 is 2.74 bits per heavy atom. The summed E-state index contributed by atoms with van der Waals surface area (Å²) in [6.07, 6.45) is 8.60. The molecule has 0 fully saturated rings. The molecular weight excluding hydrogens is 386 g/mol. The highest BCUT2D eigenvalue weighted by Crippen LogP contribution is 2.31. The molecule has 0 amide bonds. The average Bonchev–Trinajstić information content (AvgIpc) is 3.24. The smallest absolute Gasteiger partial charge is 0.237 e. The van der Waals surface area contributed by atoms with Gasteiger partial charge in [0.2, 0.25) is 5.88 Å². The van der Waals surface area contributed by atoms with Gasteiger partial charge in [0.15, 0.2) is 0 Å². The van der Waals surface area contributed by atoms with Crippen molar-refractivity contribution in [2.45, 2.75) is 32.3 Å². The molecule has 2 N–H and O–H groups in total. The highest BCUT2D eigenvalue weighted by atomic mass is 16.5. The lowest BCUT2D eigenvalue weighted by Gasteiger charge is -2.27. The number of allylic oxidation sites excluding steroid dienone is 1. The number of anilines is 1. The van der Waals surface area contributed by atoms with Gasteiger partial charge in [-0.25, -0.2) is 4.98 Å². The number of hydrogen-bond donors (Lipinski definition) is 2. The molecule has 6 heteroatoms. The quantitative estimate of drug-likeness (QED) is 0.547. The molecule has 1 aliphatic heterocycles.